The van der Waals surface area contributed by atoms with Crippen LogP contribution < -0.4 is 9.62 Å². The molecule has 0 unspecified atom stereocenters. The highest BCUT2D eigenvalue weighted by atomic mass is 32.2. The number of amides is 1. The number of carbonyl (C=O) groups is 1. The van der Waals surface area contributed by atoms with Crippen molar-refractivity contribution >= 4 is 21.6 Å². The first kappa shape index (κ1) is 20.0. The molecule has 0 heterocycles. The Hall–Kier alpha value is -2.34. The molecule has 0 aliphatic rings. The van der Waals surface area contributed by atoms with Crippen molar-refractivity contribution in [3.63, 3.8) is 0 Å². The lowest BCUT2D eigenvalue weighted by Crippen LogP contribution is -2.34. The van der Waals surface area contributed by atoms with Crippen LogP contribution in [-0.4, -0.2) is 27.4 Å². The molecular weight excluding hydrogens is 348 g/mol. The lowest BCUT2D eigenvalue weighted by molar-refractivity contribution is 0.0939. The third-order valence-corrected chi connectivity index (χ3v) is 6.05. The first-order valence-corrected chi connectivity index (χ1v) is 10.2. The number of aryl methyl sites for hydroxylation is 1. The van der Waals surface area contributed by atoms with E-state index in [0.29, 0.717) is 11.3 Å². The number of carbonyl (C=O) groups excluding carboxylic acids is 1. The number of nitrogens with one attached hydrogen (secondary N) is 1. The van der Waals surface area contributed by atoms with Crippen molar-refractivity contribution in [3.05, 3.63) is 59.7 Å². The molecule has 2 rings (SSSR count). The Labute approximate surface area is 156 Å². The van der Waals surface area contributed by atoms with Crippen LogP contribution in [0, 0.1) is 6.92 Å². The van der Waals surface area contributed by atoms with E-state index >= 15 is 0 Å². The van der Waals surface area contributed by atoms with Gasteiger partial charge >= 0.3 is 0 Å². The Morgan fingerprint density at radius 3 is 2.35 bits per heavy atom. The fourth-order valence-electron chi connectivity index (χ4n) is 2.74. The first-order valence-electron chi connectivity index (χ1n) is 8.73. The van der Waals surface area contributed by atoms with E-state index in [-0.39, 0.29) is 16.8 Å². The van der Waals surface area contributed by atoms with Gasteiger partial charge in [0.05, 0.1) is 16.1 Å². The molecule has 0 bridgehead atoms. The second-order valence-electron chi connectivity index (χ2n) is 6.47. The summed E-state index contributed by atoms with van der Waals surface area (Å²) in [6.45, 7) is 5.90. The molecule has 0 saturated heterocycles. The molecule has 2 aromatic rings. The average Bonchev–Trinajstić information content (AvgIpc) is 2.61. The number of para-hydroxylation sites is 1. The summed E-state index contributed by atoms with van der Waals surface area (Å²) >= 11 is 0. The Morgan fingerprint density at radius 1 is 1.12 bits per heavy atom. The normalized spacial score (nSPS) is 12.5. The predicted octanol–water partition coefficient (Wildman–Crippen LogP) is 3.74. The van der Waals surface area contributed by atoms with E-state index in [4.69, 9.17) is 0 Å². The van der Waals surface area contributed by atoms with Crippen LogP contribution in [0.25, 0.3) is 0 Å². The quantitative estimate of drug-likeness (QED) is 0.803. The average molecular weight is 375 g/mol. The van der Waals surface area contributed by atoms with Gasteiger partial charge in [-0.2, -0.15) is 0 Å². The van der Waals surface area contributed by atoms with Crippen molar-refractivity contribution in [2.24, 2.45) is 0 Å². The second kappa shape index (κ2) is 8.36. The van der Waals surface area contributed by atoms with Gasteiger partial charge in [0.1, 0.15) is 0 Å². The molecule has 1 N–H and O–H groups in total. The molecule has 2 aromatic carbocycles. The van der Waals surface area contributed by atoms with E-state index in [1.807, 2.05) is 13.8 Å². The Morgan fingerprint density at radius 2 is 1.73 bits per heavy atom. The van der Waals surface area contributed by atoms with Gasteiger partial charge < -0.3 is 5.32 Å². The fourth-order valence-corrected chi connectivity index (χ4v) is 3.96. The molecule has 140 valence electrons. The summed E-state index contributed by atoms with van der Waals surface area (Å²) in [5, 5.41) is 2.93. The molecule has 0 spiro atoms. The highest BCUT2D eigenvalue weighted by Crippen LogP contribution is 2.26. The van der Waals surface area contributed by atoms with Crippen LogP contribution in [0.15, 0.2) is 53.4 Å². The fraction of sp³-hybridized carbons (Fsp3) is 0.350. The molecule has 1 amide bonds. The van der Waals surface area contributed by atoms with Crippen molar-refractivity contribution in [1.29, 1.82) is 0 Å². The van der Waals surface area contributed by atoms with Crippen molar-refractivity contribution < 1.29 is 13.2 Å². The van der Waals surface area contributed by atoms with Crippen molar-refractivity contribution in [2.45, 2.75) is 44.6 Å². The molecule has 0 aliphatic heterocycles. The molecule has 0 aromatic heterocycles. The highest BCUT2D eigenvalue weighted by Gasteiger charge is 2.25. The standard InChI is InChI=1S/C20H26N2O3S/c1-5-8-16(3)21-20(23)18-9-6-7-10-19(18)22(4)26(24,25)17-13-11-15(2)12-14-17/h6-7,9-14,16H,5,8H2,1-4H3,(H,21,23)/t16-/m0/s1. The zero-order valence-electron chi connectivity index (χ0n) is 15.7. The summed E-state index contributed by atoms with van der Waals surface area (Å²) in [5.41, 5.74) is 1.68. The minimum absolute atomic E-state index is 0.0274. The van der Waals surface area contributed by atoms with Crippen LogP contribution in [0.1, 0.15) is 42.6 Å². The third-order valence-electron chi connectivity index (χ3n) is 4.27. The van der Waals surface area contributed by atoms with Crippen molar-refractivity contribution in [3.8, 4) is 0 Å². The van der Waals surface area contributed by atoms with Gasteiger partial charge in [0.2, 0.25) is 0 Å². The van der Waals surface area contributed by atoms with E-state index in [0.717, 1.165) is 22.7 Å². The van der Waals surface area contributed by atoms with Crippen LogP contribution in [0.3, 0.4) is 0 Å². The lowest BCUT2D eigenvalue weighted by Gasteiger charge is -2.23. The topological polar surface area (TPSA) is 66.5 Å². The van der Waals surface area contributed by atoms with Crippen LogP contribution in [0.4, 0.5) is 5.69 Å². The summed E-state index contributed by atoms with van der Waals surface area (Å²) in [7, 11) is -2.28. The van der Waals surface area contributed by atoms with E-state index in [1.165, 1.54) is 7.05 Å². The van der Waals surface area contributed by atoms with Crippen LogP contribution in [0.2, 0.25) is 0 Å². The molecular formula is C20H26N2O3S. The maximum absolute atomic E-state index is 12.9. The van der Waals surface area contributed by atoms with Crippen LogP contribution >= 0.6 is 0 Å². The monoisotopic (exact) mass is 374 g/mol. The molecule has 0 aliphatic carbocycles. The number of hydrogen-bond donors (Lipinski definition) is 1. The molecule has 1 atom stereocenters. The zero-order chi connectivity index (χ0) is 19.3. The maximum Gasteiger partial charge on any atom is 0.264 e. The van der Waals surface area contributed by atoms with Crippen molar-refractivity contribution in [1.82, 2.24) is 5.32 Å². The van der Waals surface area contributed by atoms with E-state index in [1.54, 1.807) is 48.5 Å². The summed E-state index contributed by atoms with van der Waals surface area (Å²) < 4.78 is 27.0. The lowest BCUT2D eigenvalue weighted by atomic mass is 10.1. The molecule has 6 heteroatoms. The number of nitrogens with zero attached hydrogens (tertiary/aromatic N) is 1. The number of benzene rings is 2. The number of hydrogen-bond acceptors (Lipinski definition) is 3. The molecule has 0 fully saturated rings. The van der Waals surface area contributed by atoms with Gasteiger partial charge in [0.15, 0.2) is 0 Å². The van der Waals surface area contributed by atoms with Crippen molar-refractivity contribution in [2.75, 3.05) is 11.4 Å². The Kier molecular flexibility index (Phi) is 6.42. The van der Waals surface area contributed by atoms with Gasteiger partial charge in [-0.15, -0.1) is 0 Å². The van der Waals surface area contributed by atoms with Gasteiger partial charge in [-0.05, 0) is 44.5 Å². The summed E-state index contributed by atoms with van der Waals surface area (Å²) in [5.74, 6) is -0.271. The van der Waals surface area contributed by atoms with Gasteiger partial charge in [-0.25, -0.2) is 8.42 Å². The number of rotatable bonds is 7. The van der Waals surface area contributed by atoms with Crippen LogP contribution in [-0.2, 0) is 10.0 Å². The second-order valence-corrected chi connectivity index (χ2v) is 8.44. The SMILES string of the molecule is CCC[C@H](C)NC(=O)c1ccccc1N(C)S(=O)(=O)c1ccc(C)cc1. The highest BCUT2D eigenvalue weighted by molar-refractivity contribution is 7.92. The van der Waals surface area contributed by atoms with E-state index in [9.17, 15) is 13.2 Å². The maximum atomic E-state index is 12.9. The van der Waals surface area contributed by atoms with Gasteiger partial charge in [-0.3, -0.25) is 9.10 Å². The number of sulfonamides is 1. The van der Waals surface area contributed by atoms with E-state index < -0.39 is 10.0 Å². The summed E-state index contributed by atoms with van der Waals surface area (Å²) in [4.78, 5) is 12.8. The minimum atomic E-state index is -3.75. The summed E-state index contributed by atoms with van der Waals surface area (Å²) in [6.07, 6.45) is 1.83. The summed E-state index contributed by atoms with van der Waals surface area (Å²) in [6, 6.07) is 13.4. The Balaban J connectivity index is 2.36. The zero-order valence-corrected chi connectivity index (χ0v) is 16.5. The molecule has 0 saturated carbocycles. The first-order chi connectivity index (χ1) is 12.3. The minimum Gasteiger partial charge on any atom is -0.350 e. The largest absolute Gasteiger partial charge is 0.350 e. The Bertz CT molecular complexity index is 861. The molecule has 26 heavy (non-hydrogen) atoms. The smallest absolute Gasteiger partial charge is 0.264 e. The van der Waals surface area contributed by atoms with E-state index in [2.05, 4.69) is 12.2 Å². The predicted molar refractivity (Wildman–Crippen MR) is 105 cm³/mol. The molecule has 5 nitrogen and oxygen atoms in total. The van der Waals surface area contributed by atoms with Gasteiger partial charge in [0.25, 0.3) is 15.9 Å². The molecule has 0 radical (unpaired) electrons. The number of anilines is 1. The third kappa shape index (κ3) is 4.43. The van der Waals surface area contributed by atoms with Gasteiger partial charge in [0, 0.05) is 13.1 Å². The van der Waals surface area contributed by atoms with Crippen LogP contribution in [0.5, 0.6) is 0 Å². The van der Waals surface area contributed by atoms with Gasteiger partial charge in [-0.1, -0.05) is 43.2 Å².